The van der Waals surface area contributed by atoms with E-state index in [-0.39, 0.29) is 115 Å². The van der Waals surface area contributed by atoms with Crippen molar-refractivity contribution in [1.29, 1.82) is 21.6 Å². The van der Waals surface area contributed by atoms with Gasteiger partial charge in [-0.3, -0.25) is 40.5 Å². The Morgan fingerprint density at radius 2 is 0.547 bits per heavy atom. The molecule has 0 aliphatic heterocycles. The van der Waals surface area contributed by atoms with Gasteiger partial charge in [0.1, 0.15) is 0 Å². The third-order valence-corrected chi connectivity index (χ3v) is 5.74. The van der Waals surface area contributed by atoms with Crippen molar-refractivity contribution in [2.45, 2.75) is 27.7 Å². The molecule has 0 atom stereocenters. The molecule has 0 aromatic heterocycles. The second kappa shape index (κ2) is 27.6. The van der Waals surface area contributed by atoms with Crippen molar-refractivity contribution in [1.82, 2.24) is 0 Å². The SMILES string of the molecule is Cc1ccc([N+]#N)c([N+](=O)[O-])c1.Cc1ccc([N+]#N)c([N+](=O)[O-])c1.Cc1ccc([N+]#N)c([N+](=O)[O-])c1.Cc1ccc([N+]#N)c([N+](=O)[O-])c1.[Cl-].[Cl-].[Cl-].[Cl-].[Zn+2]. The summed E-state index contributed by atoms with van der Waals surface area (Å²) >= 11 is 0. The van der Waals surface area contributed by atoms with Crippen LogP contribution in [0.25, 0.3) is 19.9 Å². The van der Waals surface area contributed by atoms with Crippen molar-refractivity contribution in [2.24, 2.45) is 0 Å². The molecule has 0 N–H and O–H groups in total. The fourth-order valence-electron chi connectivity index (χ4n) is 3.46. The number of hydrogen-bond acceptors (Lipinski definition) is 12. The van der Waals surface area contributed by atoms with E-state index in [4.69, 9.17) is 21.6 Å². The van der Waals surface area contributed by atoms with E-state index in [1.165, 1.54) is 48.5 Å². The Bertz CT molecular complexity index is 1790. The summed E-state index contributed by atoms with van der Waals surface area (Å²) in [7, 11) is 0. The summed E-state index contributed by atoms with van der Waals surface area (Å²) in [6, 6.07) is 17.6. The van der Waals surface area contributed by atoms with Crippen LogP contribution in [0.2, 0.25) is 0 Å². The normalized spacial score (nSPS) is 8.15. The number of nitrogens with zero attached hydrogens (tertiary/aromatic N) is 12. The summed E-state index contributed by atoms with van der Waals surface area (Å²) in [6.45, 7) is 6.92. The summed E-state index contributed by atoms with van der Waals surface area (Å²) in [6.07, 6.45) is 0. The van der Waals surface area contributed by atoms with Crippen LogP contribution >= 0.6 is 0 Å². The molecule has 4 rings (SSSR count). The quantitative estimate of drug-likeness (QED) is 0.0896. The zero-order valence-corrected chi connectivity index (χ0v) is 33.8. The van der Waals surface area contributed by atoms with E-state index in [1.54, 1.807) is 52.0 Å². The summed E-state index contributed by atoms with van der Waals surface area (Å²) in [5, 5.41) is 75.0. The molecule has 0 spiro atoms. The van der Waals surface area contributed by atoms with E-state index in [1.807, 2.05) is 0 Å². The molecule has 20 nitrogen and oxygen atoms in total. The number of aryl methyl sites for hydroxylation is 4. The first-order valence-corrected chi connectivity index (χ1v) is 13.0. The third-order valence-electron chi connectivity index (χ3n) is 5.74. The van der Waals surface area contributed by atoms with Gasteiger partial charge in [-0.05, 0) is 49.9 Å². The predicted molar refractivity (Wildman–Crippen MR) is 170 cm³/mol. The maximum Gasteiger partial charge on any atom is 2.00 e. The first kappa shape index (κ1) is 56.3. The Morgan fingerprint density at radius 3 is 0.660 bits per heavy atom. The number of rotatable bonds is 4. The molecule has 0 saturated carbocycles. The van der Waals surface area contributed by atoms with E-state index >= 15 is 0 Å². The molecule has 0 bridgehead atoms. The van der Waals surface area contributed by atoms with Gasteiger partial charge in [0.05, 0.1) is 19.7 Å². The molecule has 0 saturated heterocycles. The fraction of sp³-hybridized carbons (Fsp3) is 0.143. The van der Waals surface area contributed by atoms with E-state index in [2.05, 4.69) is 19.9 Å². The number of nitro benzene ring substituents is 4. The number of nitro groups is 4. The van der Waals surface area contributed by atoms with Crippen molar-refractivity contribution < 1.29 is 88.8 Å². The number of halogens is 4. The van der Waals surface area contributed by atoms with Crippen molar-refractivity contribution in [2.75, 3.05) is 0 Å². The Morgan fingerprint density at radius 1 is 0.396 bits per heavy atom. The molecular weight excluding hydrogens is 840 g/mol. The van der Waals surface area contributed by atoms with E-state index < -0.39 is 19.7 Å². The molecule has 0 amide bonds. The first-order chi connectivity index (χ1) is 22.6. The molecular formula is C28H24Cl4N12O8Zn+2. The Hall–Kier alpha value is -6.06. The van der Waals surface area contributed by atoms with E-state index in [9.17, 15) is 40.5 Å². The maximum atomic E-state index is 10.4. The molecule has 0 aliphatic rings. The molecule has 272 valence electrons. The van der Waals surface area contributed by atoms with Crippen LogP contribution in [0, 0.1) is 89.7 Å². The molecule has 4 aromatic carbocycles. The van der Waals surface area contributed by atoms with Crippen molar-refractivity contribution in [3.63, 3.8) is 0 Å². The van der Waals surface area contributed by atoms with Crippen LogP contribution in [-0.2, 0) is 19.5 Å². The van der Waals surface area contributed by atoms with Gasteiger partial charge in [0.25, 0.3) is 0 Å². The van der Waals surface area contributed by atoms with Crippen LogP contribution in [0.3, 0.4) is 0 Å². The van der Waals surface area contributed by atoms with Gasteiger partial charge in [-0.2, -0.15) is 0 Å². The van der Waals surface area contributed by atoms with Crippen molar-refractivity contribution in [3.8, 4) is 0 Å². The van der Waals surface area contributed by atoms with Gasteiger partial charge in [0, 0.05) is 48.5 Å². The largest absolute Gasteiger partial charge is 2.00 e. The predicted octanol–water partition coefficient (Wildman–Crippen LogP) is -2.44. The van der Waals surface area contributed by atoms with Crippen LogP contribution in [0.1, 0.15) is 22.3 Å². The van der Waals surface area contributed by atoms with Crippen LogP contribution in [0.5, 0.6) is 0 Å². The number of hydrogen-bond donors (Lipinski definition) is 0. The smallest absolute Gasteiger partial charge is 1.00 e. The molecule has 0 unspecified atom stereocenters. The molecule has 53 heavy (non-hydrogen) atoms. The summed E-state index contributed by atoms with van der Waals surface area (Å²) < 4.78 is 0. The monoisotopic (exact) mass is 860 g/mol. The van der Waals surface area contributed by atoms with Crippen molar-refractivity contribution in [3.05, 3.63) is 155 Å². The zero-order valence-electron chi connectivity index (χ0n) is 27.8. The Balaban J connectivity index is -0.000000187. The van der Waals surface area contributed by atoms with Gasteiger partial charge in [-0.15, -0.1) is 0 Å². The first-order valence-electron chi connectivity index (χ1n) is 13.0. The minimum Gasteiger partial charge on any atom is -1.00 e. The van der Waals surface area contributed by atoms with Crippen LogP contribution in [0.15, 0.2) is 72.8 Å². The summed E-state index contributed by atoms with van der Waals surface area (Å²) in [5.74, 6) is 0. The average Bonchev–Trinajstić information content (AvgIpc) is 3.05. The molecule has 0 aliphatic carbocycles. The minimum atomic E-state index is -0.581. The van der Waals surface area contributed by atoms with Crippen molar-refractivity contribution >= 4 is 45.5 Å². The average molecular weight is 864 g/mol. The molecule has 0 fully saturated rings. The maximum absolute atomic E-state index is 10.4. The zero-order chi connectivity index (χ0) is 36.6. The van der Waals surface area contributed by atoms with Gasteiger partial charge in [0.2, 0.25) is 21.6 Å². The molecule has 0 radical (unpaired) electrons. The molecule has 25 heteroatoms. The number of diazo groups is 4. The van der Waals surface area contributed by atoms with E-state index in [0.717, 1.165) is 22.3 Å². The van der Waals surface area contributed by atoms with Crippen LogP contribution < -0.4 is 49.6 Å². The van der Waals surface area contributed by atoms with Gasteiger partial charge >= 0.3 is 65.0 Å². The summed E-state index contributed by atoms with van der Waals surface area (Å²) in [4.78, 5) is 50.3. The fourth-order valence-corrected chi connectivity index (χ4v) is 3.46. The Labute approximate surface area is 337 Å². The topological polar surface area (TPSA) is 285 Å². The number of benzene rings is 4. The minimum absolute atomic E-state index is 0. The van der Waals surface area contributed by atoms with E-state index in [0.29, 0.717) is 0 Å². The second-order valence-corrected chi connectivity index (χ2v) is 9.40. The van der Waals surface area contributed by atoms with Crippen LogP contribution in [0.4, 0.5) is 45.5 Å². The van der Waals surface area contributed by atoms with Gasteiger partial charge in [-0.25, -0.2) is 0 Å². The molecule has 4 aromatic rings. The van der Waals surface area contributed by atoms with Gasteiger partial charge < -0.3 is 49.6 Å². The second-order valence-electron chi connectivity index (χ2n) is 9.40. The summed E-state index contributed by atoms with van der Waals surface area (Å²) in [5.41, 5.74) is 2.21. The van der Waals surface area contributed by atoms with Gasteiger partial charge in [0.15, 0.2) is 19.9 Å². The van der Waals surface area contributed by atoms with Gasteiger partial charge in [-0.1, -0.05) is 24.3 Å². The Kier molecular flexibility index (Phi) is 29.4. The van der Waals surface area contributed by atoms with Crippen LogP contribution in [-0.4, -0.2) is 19.7 Å². The molecule has 0 heterocycles. The third kappa shape index (κ3) is 18.1. The standard InChI is InChI=1S/4C7H6N3O2.4ClH.Zn/c4*1-5-2-3-6(9-8)7(4-5)10(11)12;;;;;/h4*2-4H,1H3;4*1H;/q4*+1;;;;;+2/p-4.